The lowest BCUT2D eigenvalue weighted by Gasteiger charge is -2.37. The first-order chi connectivity index (χ1) is 15.8. The van der Waals surface area contributed by atoms with Crippen LogP contribution in [0.1, 0.15) is 75.4 Å². The Labute approximate surface area is 202 Å². The SMILES string of the molecule is CCC(=O)N(CCC(C)C)CC(=O)N1CCc2sccc2C1COc1ccc(C(C)C)cc1. The minimum atomic E-state index is -0.138. The van der Waals surface area contributed by atoms with Crippen LogP contribution in [-0.2, 0) is 16.0 Å². The minimum absolute atomic E-state index is 0.00108. The Morgan fingerprint density at radius 2 is 1.88 bits per heavy atom. The third kappa shape index (κ3) is 6.59. The van der Waals surface area contributed by atoms with E-state index in [-0.39, 0.29) is 24.4 Å². The number of carbonyl (C=O) groups is 2. The van der Waals surface area contributed by atoms with Crippen LogP contribution in [0.15, 0.2) is 35.7 Å². The summed E-state index contributed by atoms with van der Waals surface area (Å²) in [6.07, 6.45) is 2.16. The fourth-order valence-electron chi connectivity index (χ4n) is 4.18. The van der Waals surface area contributed by atoms with E-state index in [9.17, 15) is 9.59 Å². The molecule has 1 aliphatic rings. The van der Waals surface area contributed by atoms with Crippen molar-refractivity contribution >= 4 is 23.2 Å². The monoisotopic (exact) mass is 470 g/mol. The number of fused-ring (bicyclic) bond motifs is 1. The number of ether oxygens (including phenoxy) is 1. The van der Waals surface area contributed by atoms with Crippen molar-refractivity contribution in [2.45, 2.75) is 65.8 Å². The van der Waals surface area contributed by atoms with Gasteiger partial charge in [0.25, 0.3) is 0 Å². The number of benzene rings is 1. The number of hydrogen-bond acceptors (Lipinski definition) is 4. The summed E-state index contributed by atoms with van der Waals surface area (Å²) >= 11 is 1.75. The van der Waals surface area contributed by atoms with Gasteiger partial charge in [-0.05, 0) is 59.4 Å². The van der Waals surface area contributed by atoms with Gasteiger partial charge in [-0.1, -0.05) is 46.8 Å². The summed E-state index contributed by atoms with van der Waals surface area (Å²) in [7, 11) is 0. The highest BCUT2D eigenvalue weighted by atomic mass is 32.1. The van der Waals surface area contributed by atoms with Crippen molar-refractivity contribution in [2.24, 2.45) is 5.92 Å². The molecular formula is C27H38N2O3S. The summed E-state index contributed by atoms with van der Waals surface area (Å²) in [4.78, 5) is 30.9. The molecule has 3 rings (SSSR count). The molecule has 1 aliphatic heterocycles. The van der Waals surface area contributed by atoms with Crippen LogP contribution in [0, 0.1) is 5.92 Å². The van der Waals surface area contributed by atoms with E-state index in [2.05, 4.69) is 51.3 Å². The van der Waals surface area contributed by atoms with Crippen LogP contribution in [0.4, 0.5) is 0 Å². The second-order valence-corrected chi connectivity index (χ2v) is 10.5. The van der Waals surface area contributed by atoms with Crippen LogP contribution in [0.5, 0.6) is 5.75 Å². The lowest BCUT2D eigenvalue weighted by atomic mass is 10.00. The fourth-order valence-corrected chi connectivity index (χ4v) is 5.11. The molecule has 2 aromatic rings. The van der Waals surface area contributed by atoms with E-state index in [1.54, 1.807) is 16.2 Å². The first-order valence-electron chi connectivity index (χ1n) is 12.2. The van der Waals surface area contributed by atoms with E-state index in [4.69, 9.17) is 4.74 Å². The zero-order valence-corrected chi connectivity index (χ0v) is 21.5. The van der Waals surface area contributed by atoms with Gasteiger partial charge in [0.15, 0.2) is 0 Å². The average Bonchev–Trinajstić information content (AvgIpc) is 3.28. The van der Waals surface area contributed by atoms with Gasteiger partial charge in [0, 0.05) is 24.4 Å². The number of thiophene rings is 1. The molecule has 33 heavy (non-hydrogen) atoms. The molecule has 180 valence electrons. The topological polar surface area (TPSA) is 49.9 Å². The maximum atomic E-state index is 13.4. The fraction of sp³-hybridized carbons (Fsp3) is 0.556. The first kappa shape index (κ1) is 25.3. The smallest absolute Gasteiger partial charge is 0.242 e. The van der Waals surface area contributed by atoms with E-state index in [0.717, 1.165) is 18.6 Å². The average molecular weight is 471 g/mol. The molecule has 1 atom stereocenters. The van der Waals surface area contributed by atoms with Gasteiger partial charge in [-0.15, -0.1) is 11.3 Å². The van der Waals surface area contributed by atoms with Gasteiger partial charge >= 0.3 is 0 Å². The summed E-state index contributed by atoms with van der Waals surface area (Å²) in [6, 6.07) is 10.2. The zero-order valence-electron chi connectivity index (χ0n) is 20.7. The molecule has 0 radical (unpaired) electrons. The Morgan fingerprint density at radius 3 is 2.52 bits per heavy atom. The molecule has 1 aromatic carbocycles. The van der Waals surface area contributed by atoms with Gasteiger partial charge < -0.3 is 14.5 Å². The molecule has 1 unspecified atom stereocenters. The van der Waals surface area contributed by atoms with Gasteiger partial charge in [0.2, 0.25) is 11.8 Å². The predicted molar refractivity (Wildman–Crippen MR) is 135 cm³/mol. The van der Waals surface area contributed by atoms with E-state index in [1.165, 1.54) is 16.0 Å². The van der Waals surface area contributed by atoms with Crippen molar-refractivity contribution in [3.8, 4) is 5.75 Å². The summed E-state index contributed by atoms with van der Waals surface area (Å²) in [6.45, 7) is 12.3. The van der Waals surface area contributed by atoms with Crippen LogP contribution < -0.4 is 4.74 Å². The highest BCUT2D eigenvalue weighted by Gasteiger charge is 2.33. The van der Waals surface area contributed by atoms with Gasteiger partial charge in [0.1, 0.15) is 12.4 Å². The Kier molecular flexibility index (Phi) is 8.95. The van der Waals surface area contributed by atoms with Crippen molar-refractivity contribution in [3.05, 3.63) is 51.7 Å². The third-order valence-electron chi connectivity index (χ3n) is 6.33. The number of amides is 2. The first-order valence-corrected chi connectivity index (χ1v) is 13.0. The summed E-state index contributed by atoms with van der Waals surface area (Å²) < 4.78 is 6.17. The largest absolute Gasteiger partial charge is 0.491 e. The Bertz CT molecular complexity index is 920. The summed E-state index contributed by atoms with van der Waals surface area (Å²) in [5.41, 5.74) is 2.45. The van der Waals surface area contributed by atoms with E-state index < -0.39 is 0 Å². The summed E-state index contributed by atoms with van der Waals surface area (Å²) in [5.74, 6) is 1.81. The molecule has 0 bridgehead atoms. The Balaban J connectivity index is 1.73. The third-order valence-corrected chi connectivity index (χ3v) is 7.32. The lowest BCUT2D eigenvalue weighted by Crippen LogP contribution is -2.48. The van der Waals surface area contributed by atoms with Crippen LogP contribution in [0.2, 0.25) is 0 Å². The molecule has 0 spiro atoms. The maximum Gasteiger partial charge on any atom is 0.242 e. The Hall–Kier alpha value is -2.34. The standard InChI is InChI=1S/C27H38N2O3S/c1-6-26(30)28(14-11-19(2)3)17-27(31)29-15-12-25-23(13-16-33-25)24(29)18-32-22-9-7-21(8-10-22)20(4)5/h7-10,13,16,19-20,24H,6,11-12,14-15,17-18H2,1-5H3. The molecular weight excluding hydrogens is 432 g/mol. The normalized spacial score (nSPS) is 15.6. The van der Waals surface area contributed by atoms with Crippen LogP contribution in [0.25, 0.3) is 0 Å². The van der Waals surface area contributed by atoms with E-state index in [0.29, 0.717) is 38.0 Å². The van der Waals surface area contributed by atoms with Crippen molar-refractivity contribution < 1.29 is 14.3 Å². The molecule has 5 nitrogen and oxygen atoms in total. The number of rotatable bonds is 10. The molecule has 0 fully saturated rings. The summed E-state index contributed by atoms with van der Waals surface area (Å²) in [5, 5.41) is 2.10. The van der Waals surface area contributed by atoms with Gasteiger partial charge in [-0.25, -0.2) is 0 Å². The molecule has 6 heteroatoms. The van der Waals surface area contributed by atoms with Gasteiger partial charge in [-0.2, -0.15) is 0 Å². The second kappa shape index (κ2) is 11.7. The molecule has 0 aliphatic carbocycles. The van der Waals surface area contributed by atoms with Crippen LogP contribution in [-0.4, -0.2) is 47.9 Å². The molecule has 1 aromatic heterocycles. The quantitative estimate of drug-likeness (QED) is 0.450. The lowest BCUT2D eigenvalue weighted by molar-refractivity contribution is -0.142. The van der Waals surface area contributed by atoms with E-state index >= 15 is 0 Å². The molecule has 2 heterocycles. The van der Waals surface area contributed by atoms with E-state index in [1.807, 2.05) is 24.0 Å². The number of nitrogens with zero attached hydrogens (tertiary/aromatic N) is 2. The van der Waals surface area contributed by atoms with Crippen LogP contribution in [0.3, 0.4) is 0 Å². The highest BCUT2D eigenvalue weighted by molar-refractivity contribution is 7.10. The highest BCUT2D eigenvalue weighted by Crippen LogP contribution is 2.34. The van der Waals surface area contributed by atoms with Crippen molar-refractivity contribution in [3.63, 3.8) is 0 Å². The van der Waals surface area contributed by atoms with Gasteiger partial charge in [0.05, 0.1) is 12.6 Å². The van der Waals surface area contributed by atoms with Crippen LogP contribution >= 0.6 is 11.3 Å². The molecule has 0 saturated heterocycles. The van der Waals surface area contributed by atoms with Crippen molar-refractivity contribution in [2.75, 3.05) is 26.2 Å². The Morgan fingerprint density at radius 1 is 1.15 bits per heavy atom. The predicted octanol–water partition coefficient (Wildman–Crippen LogP) is 5.66. The number of carbonyl (C=O) groups excluding carboxylic acids is 2. The second-order valence-electron chi connectivity index (χ2n) is 9.54. The minimum Gasteiger partial charge on any atom is -0.491 e. The number of hydrogen-bond donors (Lipinski definition) is 0. The molecule has 0 saturated carbocycles. The molecule has 0 N–H and O–H groups in total. The maximum absolute atomic E-state index is 13.4. The van der Waals surface area contributed by atoms with Gasteiger partial charge in [-0.3, -0.25) is 9.59 Å². The molecule has 2 amide bonds. The zero-order chi connectivity index (χ0) is 24.0. The van der Waals surface area contributed by atoms with Crippen molar-refractivity contribution in [1.82, 2.24) is 9.80 Å². The van der Waals surface area contributed by atoms with Crippen molar-refractivity contribution in [1.29, 1.82) is 0 Å².